The molecule has 0 bridgehead atoms. The summed E-state index contributed by atoms with van der Waals surface area (Å²) in [6, 6.07) is 11.0. The fourth-order valence-corrected chi connectivity index (χ4v) is 2.34. The van der Waals surface area contributed by atoms with E-state index in [0.29, 0.717) is 17.5 Å². The molecule has 1 heterocycles. The van der Waals surface area contributed by atoms with Gasteiger partial charge in [0.2, 0.25) is 5.88 Å². The van der Waals surface area contributed by atoms with Crippen LogP contribution in [-0.4, -0.2) is 15.9 Å². The highest BCUT2D eigenvalue weighted by Crippen LogP contribution is 2.25. The Labute approximate surface area is 135 Å². The monoisotopic (exact) mass is 309 g/mol. The van der Waals surface area contributed by atoms with E-state index in [1.807, 2.05) is 50.2 Å². The molecule has 0 aliphatic carbocycles. The lowest BCUT2D eigenvalue weighted by atomic mass is 10.0. The number of pyridine rings is 1. The average Bonchev–Trinajstić information content (AvgIpc) is 2.55. The number of nitrogens with zero attached hydrogens (tertiary/aromatic N) is 3. The highest BCUT2D eigenvalue weighted by Gasteiger charge is 2.20. The van der Waals surface area contributed by atoms with Crippen LogP contribution < -0.4 is 5.56 Å². The number of hydrogen-bond acceptors (Lipinski definition) is 4. The number of aliphatic imine (C=N–C) groups is 1. The lowest BCUT2D eigenvalue weighted by molar-refractivity contribution is 0.372. The van der Waals surface area contributed by atoms with Gasteiger partial charge in [-0.05, 0) is 38.0 Å². The highest BCUT2D eigenvalue weighted by molar-refractivity contribution is 5.87. The Morgan fingerprint density at radius 2 is 2.04 bits per heavy atom. The summed E-state index contributed by atoms with van der Waals surface area (Å²) in [6.45, 7) is 5.39. The van der Waals surface area contributed by atoms with Gasteiger partial charge in [-0.25, -0.2) is 0 Å². The number of nitriles is 1. The smallest absolute Gasteiger partial charge is 0.271 e. The first-order chi connectivity index (χ1) is 11.0. The van der Waals surface area contributed by atoms with E-state index < -0.39 is 5.56 Å². The van der Waals surface area contributed by atoms with E-state index >= 15 is 0 Å². The molecule has 0 fully saturated rings. The van der Waals surface area contributed by atoms with E-state index in [2.05, 4.69) is 4.99 Å². The molecule has 1 aromatic heterocycles. The minimum Gasteiger partial charge on any atom is -0.494 e. The number of para-hydroxylation sites is 1. The van der Waals surface area contributed by atoms with E-state index in [1.54, 1.807) is 6.92 Å². The van der Waals surface area contributed by atoms with Gasteiger partial charge >= 0.3 is 0 Å². The van der Waals surface area contributed by atoms with Crippen LogP contribution in [0.3, 0.4) is 0 Å². The first-order valence-corrected chi connectivity index (χ1v) is 7.48. The van der Waals surface area contributed by atoms with Crippen molar-refractivity contribution in [3.8, 4) is 11.9 Å². The van der Waals surface area contributed by atoms with Crippen LogP contribution >= 0.6 is 0 Å². The zero-order valence-electron chi connectivity index (χ0n) is 13.4. The molecule has 0 radical (unpaired) electrons. The Kier molecular flexibility index (Phi) is 4.97. The maximum atomic E-state index is 12.4. The molecule has 5 nitrogen and oxygen atoms in total. The van der Waals surface area contributed by atoms with Gasteiger partial charge in [-0.2, -0.15) is 5.26 Å². The van der Waals surface area contributed by atoms with Crippen LogP contribution in [0.5, 0.6) is 5.88 Å². The first kappa shape index (κ1) is 16.5. The predicted molar refractivity (Wildman–Crippen MR) is 90.5 cm³/mol. The SMILES string of the molecule is CCC(C)n1c(O)c(C=Nc2ccccc2)c(C)c(C#N)c1=O. The number of benzene rings is 1. The van der Waals surface area contributed by atoms with E-state index in [1.165, 1.54) is 10.8 Å². The normalized spacial score (nSPS) is 12.3. The summed E-state index contributed by atoms with van der Waals surface area (Å²) in [4.78, 5) is 16.7. The van der Waals surface area contributed by atoms with Gasteiger partial charge in [0.1, 0.15) is 11.6 Å². The maximum Gasteiger partial charge on any atom is 0.271 e. The van der Waals surface area contributed by atoms with Crippen molar-refractivity contribution in [2.24, 2.45) is 4.99 Å². The molecule has 5 heteroatoms. The van der Waals surface area contributed by atoms with Crippen molar-refractivity contribution in [3.05, 3.63) is 57.4 Å². The summed E-state index contributed by atoms with van der Waals surface area (Å²) in [7, 11) is 0. The molecule has 118 valence electrons. The second-order valence-electron chi connectivity index (χ2n) is 5.38. The lowest BCUT2D eigenvalue weighted by Crippen LogP contribution is -2.27. The third-order valence-electron chi connectivity index (χ3n) is 3.92. The number of hydrogen-bond donors (Lipinski definition) is 1. The number of rotatable bonds is 4. The van der Waals surface area contributed by atoms with Crippen LogP contribution in [0.4, 0.5) is 5.69 Å². The van der Waals surface area contributed by atoms with Crippen molar-refractivity contribution < 1.29 is 5.11 Å². The molecule has 1 atom stereocenters. The van der Waals surface area contributed by atoms with Gasteiger partial charge < -0.3 is 5.11 Å². The van der Waals surface area contributed by atoms with Crippen molar-refractivity contribution in [2.45, 2.75) is 33.2 Å². The van der Waals surface area contributed by atoms with E-state index in [4.69, 9.17) is 0 Å². The predicted octanol–water partition coefficient (Wildman–Crippen LogP) is 3.46. The van der Waals surface area contributed by atoms with Crippen molar-refractivity contribution >= 4 is 11.9 Å². The van der Waals surface area contributed by atoms with Crippen LogP contribution in [0.25, 0.3) is 0 Å². The summed E-state index contributed by atoms with van der Waals surface area (Å²) in [5.74, 6) is -0.152. The van der Waals surface area contributed by atoms with Gasteiger partial charge in [-0.1, -0.05) is 25.1 Å². The third kappa shape index (κ3) is 3.16. The van der Waals surface area contributed by atoms with Crippen LogP contribution in [-0.2, 0) is 0 Å². The van der Waals surface area contributed by atoms with E-state index in [-0.39, 0.29) is 17.5 Å². The molecular formula is C18H19N3O2. The summed E-state index contributed by atoms with van der Waals surface area (Å²) in [5.41, 5.74) is 1.14. The van der Waals surface area contributed by atoms with Gasteiger partial charge in [-0.15, -0.1) is 0 Å². The Balaban J connectivity index is 2.66. The topological polar surface area (TPSA) is 78.4 Å². The zero-order valence-corrected chi connectivity index (χ0v) is 13.4. The molecule has 0 saturated heterocycles. The third-order valence-corrected chi connectivity index (χ3v) is 3.92. The summed E-state index contributed by atoms with van der Waals surface area (Å²) >= 11 is 0. The summed E-state index contributed by atoms with van der Waals surface area (Å²) in [5, 5.41) is 19.8. The molecule has 23 heavy (non-hydrogen) atoms. The molecule has 0 aliphatic rings. The summed E-state index contributed by atoms with van der Waals surface area (Å²) < 4.78 is 1.26. The Morgan fingerprint density at radius 1 is 1.39 bits per heavy atom. The first-order valence-electron chi connectivity index (χ1n) is 7.48. The van der Waals surface area contributed by atoms with Crippen LogP contribution in [0.2, 0.25) is 0 Å². The standard InChI is InChI=1S/C18H19N3O2/c1-4-12(2)21-17(22)15(10-19)13(3)16(18(21)23)11-20-14-8-6-5-7-9-14/h5-9,11-12,23H,4H2,1-3H3. The number of aromatic hydroxyl groups is 1. The van der Waals surface area contributed by atoms with Crippen molar-refractivity contribution in [3.63, 3.8) is 0 Å². The highest BCUT2D eigenvalue weighted by atomic mass is 16.3. The Bertz CT molecular complexity index is 830. The molecule has 0 amide bonds. The molecule has 2 aromatic rings. The van der Waals surface area contributed by atoms with Gasteiger partial charge in [-0.3, -0.25) is 14.4 Å². The second-order valence-corrected chi connectivity index (χ2v) is 5.38. The maximum absolute atomic E-state index is 12.4. The lowest BCUT2D eigenvalue weighted by Gasteiger charge is -2.18. The fourth-order valence-electron chi connectivity index (χ4n) is 2.34. The van der Waals surface area contributed by atoms with E-state index in [0.717, 1.165) is 5.69 Å². The van der Waals surface area contributed by atoms with Gasteiger partial charge in [0.15, 0.2) is 0 Å². The minimum absolute atomic E-state index is 0.0395. The molecule has 1 aromatic carbocycles. The molecular weight excluding hydrogens is 290 g/mol. The molecule has 1 unspecified atom stereocenters. The van der Waals surface area contributed by atoms with Crippen LogP contribution in [0.15, 0.2) is 40.1 Å². The minimum atomic E-state index is -0.464. The van der Waals surface area contributed by atoms with Crippen molar-refractivity contribution in [1.29, 1.82) is 5.26 Å². The van der Waals surface area contributed by atoms with E-state index in [9.17, 15) is 15.2 Å². The van der Waals surface area contributed by atoms with Crippen molar-refractivity contribution in [2.75, 3.05) is 0 Å². The second kappa shape index (κ2) is 6.93. The largest absolute Gasteiger partial charge is 0.494 e. The molecule has 0 spiro atoms. The molecule has 2 rings (SSSR count). The quantitative estimate of drug-likeness (QED) is 0.878. The number of aromatic nitrogens is 1. The van der Waals surface area contributed by atoms with Crippen LogP contribution in [0.1, 0.15) is 43.0 Å². The molecule has 0 saturated carbocycles. The average molecular weight is 309 g/mol. The summed E-state index contributed by atoms with van der Waals surface area (Å²) in [6.07, 6.45) is 2.16. The Hall–Kier alpha value is -2.87. The Morgan fingerprint density at radius 3 is 2.61 bits per heavy atom. The van der Waals surface area contributed by atoms with Gasteiger partial charge in [0.05, 0.1) is 11.3 Å². The molecule has 1 N–H and O–H groups in total. The fraction of sp³-hybridized carbons (Fsp3) is 0.278. The van der Waals surface area contributed by atoms with Crippen molar-refractivity contribution in [1.82, 2.24) is 4.57 Å². The van der Waals surface area contributed by atoms with Gasteiger partial charge in [0.25, 0.3) is 5.56 Å². The zero-order chi connectivity index (χ0) is 17.0. The van der Waals surface area contributed by atoms with Crippen LogP contribution in [0, 0.1) is 18.3 Å². The van der Waals surface area contributed by atoms with Gasteiger partial charge in [0, 0.05) is 12.3 Å². The molecule has 0 aliphatic heterocycles.